The van der Waals surface area contributed by atoms with Crippen LogP contribution in [0, 0.1) is 5.82 Å². The van der Waals surface area contributed by atoms with E-state index in [4.69, 9.17) is 0 Å². The highest BCUT2D eigenvalue weighted by atomic mass is 19.1. The van der Waals surface area contributed by atoms with Gasteiger partial charge in [-0.2, -0.15) is 0 Å². The van der Waals surface area contributed by atoms with Crippen LogP contribution in [0.3, 0.4) is 0 Å². The minimum absolute atomic E-state index is 0.102. The molecule has 0 aliphatic carbocycles. The van der Waals surface area contributed by atoms with Gasteiger partial charge in [0.1, 0.15) is 5.82 Å². The maximum atomic E-state index is 12.8. The van der Waals surface area contributed by atoms with Crippen molar-refractivity contribution in [3.05, 3.63) is 65.5 Å². The molecule has 0 atom stereocenters. The van der Waals surface area contributed by atoms with Crippen molar-refractivity contribution in [2.75, 3.05) is 5.32 Å². The van der Waals surface area contributed by atoms with E-state index in [9.17, 15) is 14.0 Å². The van der Waals surface area contributed by atoms with Crippen LogP contribution in [0.4, 0.5) is 10.1 Å². The van der Waals surface area contributed by atoms with Crippen LogP contribution in [0.1, 0.15) is 35.7 Å². The molecule has 0 fully saturated rings. The summed E-state index contributed by atoms with van der Waals surface area (Å²) in [6.45, 7) is 2.04. The monoisotopic (exact) mass is 299 g/mol. The predicted molar refractivity (Wildman–Crippen MR) is 84.4 cm³/mol. The number of carbonyl (C=O) groups excluding carboxylic acids is 2. The van der Waals surface area contributed by atoms with Gasteiger partial charge in [-0.3, -0.25) is 9.59 Å². The quantitative estimate of drug-likeness (QED) is 0.820. The fourth-order valence-corrected chi connectivity index (χ4v) is 2.10. The summed E-state index contributed by atoms with van der Waals surface area (Å²) in [5, 5.41) is 2.78. The third-order valence-corrected chi connectivity index (χ3v) is 3.36. The lowest BCUT2D eigenvalue weighted by Gasteiger charge is -2.06. The first-order valence-electron chi connectivity index (χ1n) is 7.26. The Morgan fingerprint density at radius 1 is 1.05 bits per heavy atom. The van der Waals surface area contributed by atoms with Gasteiger partial charge < -0.3 is 5.32 Å². The molecular formula is C18H18FNO2. The highest BCUT2D eigenvalue weighted by Crippen LogP contribution is 2.12. The van der Waals surface area contributed by atoms with Gasteiger partial charge in [-0.05, 0) is 48.4 Å². The maximum Gasteiger partial charge on any atom is 0.224 e. The Morgan fingerprint density at radius 2 is 1.77 bits per heavy atom. The summed E-state index contributed by atoms with van der Waals surface area (Å²) in [6, 6.07) is 13.0. The first kappa shape index (κ1) is 15.9. The summed E-state index contributed by atoms with van der Waals surface area (Å²) in [5.41, 5.74) is 2.29. The molecule has 1 amide bonds. The number of amides is 1. The predicted octanol–water partition coefficient (Wildman–Crippen LogP) is 3.99. The average molecular weight is 299 g/mol. The summed E-state index contributed by atoms with van der Waals surface area (Å²) in [4.78, 5) is 23.8. The number of hydrogen-bond acceptors (Lipinski definition) is 2. The van der Waals surface area contributed by atoms with Crippen LogP contribution in [0.25, 0.3) is 0 Å². The Bertz CT molecular complexity index is 665. The number of aryl methyl sites for hydroxylation is 1. The number of ketones is 1. The van der Waals surface area contributed by atoms with E-state index in [0.29, 0.717) is 5.56 Å². The van der Waals surface area contributed by atoms with Gasteiger partial charge in [0.2, 0.25) is 5.91 Å². The number of rotatable bonds is 6. The molecule has 4 heteroatoms. The van der Waals surface area contributed by atoms with Crippen molar-refractivity contribution in [3.8, 4) is 0 Å². The molecule has 114 valence electrons. The van der Waals surface area contributed by atoms with Gasteiger partial charge in [0, 0.05) is 24.1 Å². The second kappa shape index (κ2) is 7.50. The maximum absolute atomic E-state index is 12.8. The van der Waals surface area contributed by atoms with E-state index < -0.39 is 0 Å². The molecule has 0 radical (unpaired) electrons. The fraction of sp³-hybridized carbons (Fsp3) is 0.222. The molecule has 0 bridgehead atoms. The van der Waals surface area contributed by atoms with E-state index in [1.54, 1.807) is 0 Å². The van der Waals surface area contributed by atoms with Crippen LogP contribution < -0.4 is 5.32 Å². The Labute approximate surface area is 129 Å². The van der Waals surface area contributed by atoms with Crippen molar-refractivity contribution in [1.82, 2.24) is 0 Å². The number of hydrogen-bond donors (Lipinski definition) is 1. The summed E-state index contributed by atoms with van der Waals surface area (Å²) in [6.07, 6.45) is 1.10. The Balaban J connectivity index is 1.87. The van der Waals surface area contributed by atoms with Crippen LogP contribution in [0.2, 0.25) is 0 Å². The molecular weight excluding hydrogens is 281 g/mol. The van der Waals surface area contributed by atoms with E-state index >= 15 is 0 Å². The van der Waals surface area contributed by atoms with Crippen molar-refractivity contribution in [3.63, 3.8) is 0 Å². The molecule has 0 spiro atoms. The summed E-state index contributed by atoms with van der Waals surface area (Å²) in [5.74, 6) is -0.758. The van der Waals surface area contributed by atoms with Gasteiger partial charge in [0.15, 0.2) is 5.78 Å². The van der Waals surface area contributed by atoms with Gasteiger partial charge in [-0.15, -0.1) is 0 Å². The fourth-order valence-electron chi connectivity index (χ4n) is 2.10. The number of nitrogens with one attached hydrogen (secondary N) is 1. The van der Waals surface area contributed by atoms with Crippen molar-refractivity contribution in [2.45, 2.75) is 26.2 Å². The zero-order valence-corrected chi connectivity index (χ0v) is 12.4. The van der Waals surface area contributed by atoms with E-state index in [1.165, 1.54) is 24.3 Å². The first-order chi connectivity index (χ1) is 10.6. The molecule has 0 aliphatic rings. The van der Waals surface area contributed by atoms with Crippen LogP contribution >= 0.6 is 0 Å². The van der Waals surface area contributed by atoms with Crippen LogP contribution in [-0.2, 0) is 11.2 Å². The molecule has 3 nitrogen and oxygen atoms in total. The molecule has 0 aromatic heterocycles. The molecule has 0 heterocycles. The molecule has 1 N–H and O–H groups in total. The first-order valence-corrected chi connectivity index (χ1v) is 7.26. The average Bonchev–Trinajstić information content (AvgIpc) is 2.53. The standard InChI is InChI=1S/C18H18FNO2/c1-2-13-4-3-5-16(12-13)20-18(22)11-10-17(21)14-6-8-15(19)9-7-14/h3-9,12H,2,10-11H2,1H3,(H,20,22). The topological polar surface area (TPSA) is 46.2 Å². The molecule has 0 aliphatic heterocycles. The number of halogens is 1. The molecule has 0 saturated carbocycles. The summed E-state index contributed by atoms with van der Waals surface area (Å²) < 4.78 is 12.8. The molecule has 0 unspecified atom stereocenters. The molecule has 2 rings (SSSR count). The molecule has 22 heavy (non-hydrogen) atoms. The number of benzene rings is 2. The minimum atomic E-state index is -0.384. The Hall–Kier alpha value is -2.49. The second-order valence-corrected chi connectivity index (χ2v) is 5.03. The van der Waals surface area contributed by atoms with Crippen LogP contribution in [-0.4, -0.2) is 11.7 Å². The largest absolute Gasteiger partial charge is 0.326 e. The van der Waals surface area contributed by atoms with Gasteiger partial charge in [0.05, 0.1) is 0 Å². The third kappa shape index (κ3) is 4.52. The Morgan fingerprint density at radius 3 is 2.45 bits per heavy atom. The summed E-state index contributed by atoms with van der Waals surface area (Å²) in [7, 11) is 0. The molecule has 2 aromatic rings. The van der Waals surface area contributed by atoms with Crippen molar-refractivity contribution in [1.29, 1.82) is 0 Å². The number of Topliss-reactive ketones (excluding diaryl/α,β-unsaturated/α-hetero) is 1. The highest BCUT2D eigenvalue weighted by Gasteiger charge is 2.10. The van der Waals surface area contributed by atoms with Crippen molar-refractivity contribution >= 4 is 17.4 Å². The van der Waals surface area contributed by atoms with Gasteiger partial charge >= 0.3 is 0 Å². The normalized spacial score (nSPS) is 10.3. The highest BCUT2D eigenvalue weighted by molar-refractivity contribution is 5.99. The van der Waals surface area contributed by atoms with Crippen molar-refractivity contribution < 1.29 is 14.0 Å². The SMILES string of the molecule is CCc1cccc(NC(=O)CCC(=O)c2ccc(F)cc2)c1. The number of anilines is 1. The zero-order valence-electron chi connectivity index (χ0n) is 12.4. The van der Waals surface area contributed by atoms with Crippen LogP contribution in [0.15, 0.2) is 48.5 Å². The van der Waals surface area contributed by atoms with E-state index in [2.05, 4.69) is 5.32 Å². The zero-order chi connectivity index (χ0) is 15.9. The van der Waals surface area contributed by atoms with Gasteiger partial charge in [-0.25, -0.2) is 4.39 Å². The smallest absolute Gasteiger partial charge is 0.224 e. The lowest BCUT2D eigenvalue weighted by atomic mass is 10.1. The molecule has 2 aromatic carbocycles. The van der Waals surface area contributed by atoms with E-state index in [1.807, 2.05) is 31.2 Å². The van der Waals surface area contributed by atoms with E-state index in [-0.39, 0.29) is 30.3 Å². The lowest BCUT2D eigenvalue weighted by molar-refractivity contribution is -0.116. The summed E-state index contributed by atoms with van der Waals surface area (Å²) >= 11 is 0. The second-order valence-electron chi connectivity index (χ2n) is 5.03. The number of carbonyl (C=O) groups is 2. The lowest BCUT2D eigenvalue weighted by Crippen LogP contribution is -2.13. The van der Waals surface area contributed by atoms with Gasteiger partial charge in [0.25, 0.3) is 0 Å². The van der Waals surface area contributed by atoms with E-state index in [0.717, 1.165) is 17.7 Å². The third-order valence-electron chi connectivity index (χ3n) is 3.36. The van der Waals surface area contributed by atoms with Crippen LogP contribution in [0.5, 0.6) is 0 Å². The molecule has 0 saturated heterocycles. The Kier molecular flexibility index (Phi) is 5.42. The van der Waals surface area contributed by atoms with Crippen molar-refractivity contribution in [2.24, 2.45) is 0 Å². The van der Waals surface area contributed by atoms with Gasteiger partial charge in [-0.1, -0.05) is 19.1 Å². The minimum Gasteiger partial charge on any atom is -0.326 e.